The average Bonchev–Trinajstić information content (AvgIpc) is 3.15. The standard InChI is InChI=1S/C19H20FN3O5S/c1-19(18(24)22-25,29(2,26)27)10-14-9-17(23-28-14)13-5-3-12(4-6-13)15-7-8-21-11-16(15)20/h3-8,11,14,25H,9-10H2,1-2H3,(H,22,24). The van der Waals surface area contributed by atoms with Crippen LogP contribution < -0.4 is 5.48 Å². The summed E-state index contributed by atoms with van der Waals surface area (Å²) < 4.78 is 36.2. The molecule has 3 rings (SSSR count). The van der Waals surface area contributed by atoms with Crippen LogP contribution in [0.15, 0.2) is 47.9 Å². The summed E-state index contributed by atoms with van der Waals surface area (Å²) in [5, 5.41) is 12.9. The van der Waals surface area contributed by atoms with E-state index in [1.54, 1.807) is 30.3 Å². The van der Waals surface area contributed by atoms with E-state index in [2.05, 4.69) is 10.1 Å². The Morgan fingerprint density at radius 1 is 1.31 bits per heavy atom. The third kappa shape index (κ3) is 4.13. The number of oxime groups is 1. The number of aromatic nitrogens is 1. The van der Waals surface area contributed by atoms with Gasteiger partial charge in [0.25, 0.3) is 5.91 Å². The number of halogens is 1. The van der Waals surface area contributed by atoms with Gasteiger partial charge in [-0.1, -0.05) is 29.4 Å². The van der Waals surface area contributed by atoms with Crippen molar-refractivity contribution in [2.75, 3.05) is 6.26 Å². The van der Waals surface area contributed by atoms with E-state index in [1.165, 1.54) is 18.6 Å². The molecule has 154 valence electrons. The van der Waals surface area contributed by atoms with Crippen LogP contribution >= 0.6 is 0 Å². The number of hydrogen-bond acceptors (Lipinski definition) is 7. The maximum Gasteiger partial charge on any atom is 0.264 e. The van der Waals surface area contributed by atoms with Crippen LogP contribution in [0.3, 0.4) is 0 Å². The monoisotopic (exact) mass is 421 g/mol. The quantitative estimate of drug-likeness (QED) is 0.545. The van der Waals surface area contributed by atoms with Crippen LogP contribution in [0, 0.1) is 5.82 Å². The van der Waals surface area contributed by atoms with E-state index in [4.69, 9.17) is 10.0 Å². The molecule has 2 aromatic rings. The van der Waals surface area contributed by atoms with Gasteiger partial charge < -0.3 is 4.84 Å². The predicted octanol–water partition coefficient (Wildman–Crippen LogP) is 2.08. The van der Waals surface area contributed by atoms with E-state index in [0.29, 0.717) is 16.8 Å². The SMILES string of the molecule is CC(CC1CC(c2ccc(-c3ccncc3F)cc2)=NO1)(C(=O)NO)S(C)(=O)=O. The van der Waals surface area contributed by atoms with Gasteiger partial charge in [-0.2, -0.15) is 0 Å². The molecule has 0 spiro atoms. The van der Waals surface area contributed by atoms with Crippen LogP contribution in [0.4, 0.5) is 4.39 Å². The van der Waals surface area contributed by atoms with Crippen molar-refractivity contribution in [3.05, 3.63) is 54.1 Å². The number of carbonyl (C=O) groups is 1. The summed E-state index contributed by atoms with van der Waals surface area (Å²) in [5.74, 6) is -1.45. The van der Waals surface area contributed by atoms with E-state index in [0.717, 1.165) is 18.0 Å². The van der Waals surface area contributed by atoms with Crippen molar-refractivity contribution in [3.63, 3.8) is 0 Å². The zero-order valence-corrected chi connectivity index (χ0v) is 16.6. The molecule has 2 atom stereocenters. The molecule has 0 saturated heterocycles. The van der Waals surface area contributed by atoms with Crippen LogP contribution in [0.2, 0.25) is 0 Å². The fourth-order valence-corrected chi connectivity index (χ4v) is 4.00. The minimum Gasteiger partial charge on any atom is -0.392 e. The van der Waals surface area contributed by atoms with Crippen molar-refractivity contribution in [3.8, 4) is 11.1 Å². The normalized spacial score (nSPS) is 18.5. The zero-order chi connectivity index (χ0) is 21.2. The first-order chi connectivity index (χ1) is 13.7. The zero-order valence-electron chi connectivity index (χ0n) is 15.8. The lowest BCUT2D eigenvalue weighted by Crippen LogP contribution is -2.51. The van der Waals surface area contributed by atoms with Crippen LogP contribution in [0.5, 0.6) is 0 Å². The lowest BCUT2D eigenvalue weighted by atomic mass is 9.95. The molecule has 29 heavy (non-hydrogen) atoms. The van der Waals surface area contributed by atoms with Crippen molar-refractivity contribution in [1.29, 1.82) is 0 Å². The summed E-state index contributed by atoms with van der Waals surface area (Å²) in [6.07, 6.45) is 3.03. The van der Waals surface area contributed by atoms with E-state index in [-0.39, 0.29) is 12.8 Å². The van der Waals surface area contributed by atoms with Crippen molar-refractivity contribution >= 4 is 21.5 Å². The van der Waals surface area contributed by atoms with Gasteiger partial charge in [-0.15, -0.1) is 0 Å². The highest BCUT2D eigenvalue weighted by molar-refractivity contribution is 7.92. The number of hydrogen-bond donors (Lipinski definition) is 2. The number of hydroxylamine groups is 1. The number of sulfone groups is 1. The van der Waals surface area contributed by atoms with E-state index >= 15 is 0 Å². The Kier molecular flexibility index (Phi) is 5.67. The molecule has 0 aliphatic carbocycles. The number of nitrogens with one attached hydrogen (secondary N) is 1. The summed E-state index contributed by atoms with van der Waals surface area (Å²) in [4.78, 5) is 21.0. The first kappa shape index (κ1) is 20.9. The summed E-state index contributed by atoms with van der Waals surface area (Å²) in [5.41, 5.74) is 3.82. The fraction of sp³-hybridized carbons (Fsp3) is 0.316. The average molecular weight is 421 g/mol. The number of carbonyl (C=O) groups excluding carboxylic acids is 1. The summed E-state index contributed by atoms with van der Waals surface area (Å²) in [6, 6.07) is 8.58. The molecule has 1 amide bonds. The number of rotatable bonds is 6. The van der Waals surface area contributed by atoms with Gasteiger partial charge in [0.1, 0.15) is 11.9 Å². The Morgan fingerprint density at radius 3 is 2.55 bits per heavy atom. The highest BCUT2D eigenvalue weighted by Gasteiger charge is 2.47. The molecule has 1 aromatic carbocycles. The molecule has 0 radical (unpaired) electrons. The molecule has 1 aliphatic rings. The molecule has 2 N–H and O–H groups in total. The fourth-order valence-electron chi connectivity index (χ4n) is 3.12. The van der Waals surface area contributed by atoms with Gasteiger partial charge in [0.15, 0.2) is 14.6 Å². The highest BCUT2D eigenvalue weighted by atomic mass is 32.2. The van der Waals surface area contributed by atoms with Crippen LogP contribution in [-0.2, 0) is 19.5 Å². The number of pyridine rings is 1. The molecular weight excluding hydrogens is 401 g/mol. The summed E-state index contributed by atoms with van der Waals surface area (Å²) in [6.45, 7) is 1.23. The van der Waals surface area contributed by atoms with Gasteiger partial charge in [0.05, 0.1) is 11.9 Å². The lowest BCUT2D eigenvalue weighted by Gasteiger charge is -2.26. The molecule has 8 nitrogen and oxygen atoms in total. The minimum atomic E-state index is -3.83. The van der Waals surface area contributed by atoms with Crippen LogP contribution in [0.25, 0.3) is 11.1 Å². The Labute approximate surface area is 167 Å². The first-order valence-corrected chi connectivity index (χ1v) is 10.6. The number of nitrogens with zero attached hydrogens (tertiary/aromatic N) is 2. The molecule has 10 heteroatoms. The highest BCUT2D eigenvalue weighted by Crippen LogP contribution is 2.30. The molecule has 1 aromatic heterocycles. The largest absolute Gasteiger partial charge is 0.392 e. The molecule has 0 saturated carbocycles. The molecule has 0 fully saturated rings. The number of benzene rings is 1. The summed E-state index contributed by atoms with van der Waals surface area (Å²) >= 11 is 0. The van der Waals surface area contributed by atoms with Gasteiger partial charge in [0, 0.05) is 30.9 Å². The van der Waals surface area contributed by atoms with Crippen molar-refractivity contribution in [2.24, 2.45) is 5.16 Å². The predicted molar refractivity (Wildman–Crippen MR) is 103 cm³/mol. The van der Waals surface area contributed by atoms with Gasteiger partial charge >= 0.3 is 0 Å². The Morgan fingerprint density at radius 2 is 1.97 bits per heavy atom. The Balaban J connectivity index is 1.74. The topological polar surface area (TPSA) is 118 Å². The van der Waals surface area contributed by atoms with Gasteiger partial charge in [0.2, 0.25) is 0 Å². The maximum absolute atomic E-state index is 13.9. The second-order valence-electron chi connectivity index (χ2n) is 7.05. The second kappa shape index (κ2) is 7.88. The van der Waals surface area contributed by atoms with Crippen LogP contribution in [0.1, 0.15) is 25.3 Å². The first-order valence-electron chi connectivity index (χ1n) is 8.73. The maximum atomic E-state index is 13.9. The van der Waals surface area contributed by atoms with Crippen molar-refractivity contribution < 1.29 is 27.6 Å². The van der Waals surface area contributed by atoms with Crippen molar-refractivity contribution in [1.82, 2.24) is 10.5 Å². The van der Waals surface area contributed by atoms with Crippen molar-refractivity contribution in [2.45, 2.75) is 30.6 Å². The minimum absolute atomic E-state index is 0.175. The van der Waals surface area contributed by atoms with E-state index in [1.807, 2.05) is 0 Å². The Bertz CT molecular complexity index is 1060. The smallest absolute Gasteiger partial charge is 0.264 e. The molecule has 2 unspecified atom stereocenters. The summed E-state index contributed by atoms with van der Waals surface area (Å²) in [7, 11) is -3.83. The second-order valence-corrected chi connectivity index (χ2v) is 9.50. The van der Waals surface area contributed by atoms with Gasteiger partial charge in [-0.05, 0) is 24.1 Å². The van der Waals surface area contributed by atoms with E-state index in [9.17, 15) is 17.6 Å². The van der Waals surface area contributed by atoms with Gasteiger partial charge in [-0.3, -0.25) is 15.0 Å². The molecule has 0 bridgehead atoms. The third-order valence-corrected chi connectivity index (χ3v) is 7.04. The molecule has 2 heterocycles. The lowest BCUT2D eigenvalue weighted by molar-refractivity contribution is -0.132. The Hall–Kier alpha value is -2.85. The van der Waals surface area contributed by atoms with Gasteiger partial charge in [-0.25, -0.2) is 18.3 Å². The molecular formula is C19H20FN3O5S. The molecule has 1 aliphatic heterocycles. The number of amides is 1. The van der Waals surface area contributed by atoms with E-state index < -0.39 is 32.4 Å². The third-order valence-electron chi connectivity index (χ3n) is 5.05. The van der Waals surface area contributed by atoms with Crippen LogP contribution in [-0.4, -0.2) is 47.3 Å².